The Hall–Kier alpha value is -1.90. The second-order valence-electron chi connectivity index (χ2n) is 6.90. The Labute approximate surface area is 152 Å². The number of hydrogen-bond acceptors (Lipinski definition) is 2. The largest absolute Gasteiger partial charge is 0.275 e. The number of unbranched alkanes of at least 4 members (excludes halogenated alkanes) is 9. The molecule has 1 aromatic rings. The third kappa shape index (κ3) is 6.15. The third-order valence-corrected chi connectivity index (χ3v) is 4.83. The normalized spacial score (nSPS) is 14.3. The Morgan fingerprint density at radius 3 is 1.92 bits per heavy atom. The van der Waals surface area contributed by atoms with Gasteiger partial charge in [0.05, 0.1) is 5.57 Å². The van der Waals surface area contributed by atoms with Crippen molar-refractivity contribution < 1.29 is 9.59 Å². The maximum Gasteiger partial charge on any atom is 0.261 e. The Morgan fingerprint density at radius 2 is 1.32 bits per heavy atom. The molecule has 0 atom stereocenters. The van der Waals surface area contributed by atoms with Crippen molar-refractivity contribution in [3.8, 4) is 0 Å². The zero-order valence-electron chi connectivity index (χ0n) is 15.5. The molecule has 1 aliphatic heterocycles. The Balaban J connectivity index is 1.61. The molecule has 2 rings (SSSR count). The maximum absolute atomic E-state index is 12.4. The van der Waals surface area contributed by atoms with Gasteiger partial charge in [-0.2, -0.15) is 0 Å². The fourth-order valence-electron chi connectivity index (χ4n) is 3.30. The maximum atomic E-state index is 12.4. The van der Waals surface area contributed by atoms with Gasteiger partial charge in [-0.15, -0.1) is 0 Å². The van der Waals surface area contributed by atoms with Crippen molar-refractivity contribution in [2.24, 2.45) is 0 Å². The molecule has 0 bridgehead atoms. The highest BCUT2D eigenvalue weighted by atomic mass is 16.2. The van der Waals surface area contributed by atoms with Crippen molar-refractivity contribution in [1.82, 2.24) is 4.90 Å². The monoisotopic (exact) mass is 341 g/mol. The Morgan fingerprint density at radius 1 is 0.760 bits per heavy atom. The van der Waals surface area contributed by atoms with E-state index in [1.165, 1.54) is 62.3 Å². The van der Waals surface area contributed by atoms with Gasteiger partial charge in [-0.3, -0.25) is 14.5 Å². The fourth-order valence-corrected chi connectivity index (χ4v) is 3.30. The molecule has 3 nitrogen and oxygen atoms in total. The van der Waals surface area contributed by atoms with Gasteiger partial charge >= 0.3 is 0 Å². The number of hydrogen-bond donors (Lipinski definition) is 0. The lowest BCUT2D eigenvalue weighted by Crippen LogP contribution is -2.31. The molecule has 1 heterocycles. The van der Waals surface area contributed by atoms with Crippen LogP contribution in [0.2, 0.25) is 0 Å². The quantitative estimate of drug-likeness (QED) is 0.379. The van der Waals surface area contributed by atoms with E-state index in [0.29, 0.717) is 12.1 Å². The molecule has 0 aliphatic carbocycles. The zero-order valence-corrected chi connectivity index (χ0v) is 15.5. The molecule has 0 saturated heterocycles. The summed E-state index contributed by atoms with van der Waals surface area (Å²) >= 11 is 0. The van der Waals surface area contributed by atoms with Gasteiger partial charge in [0.15, 0.2) is 0 Å². The molecule has 1 aliphatic rings. The summed E-state index contributed by atoms with van der Waals surface area (Å²) in [4.78, 5) is 25.9. The van der Waals surface area contributed by atoms with E-state index in [1.807, 2.05) is 30.3 Å². The first-order chi connectivity index (χ1) is 12.2. The third-order valence-electron chi connectivity index (χ3n) is 4.83. The van der Waals surface area contributed by atoms with E-state index in [0.717, 1.165) is 18.4 Å². The highest BCUT2D eigenvalue weighted by molar-refractivity contribution is 6.33. The highest BCUT2D eigenvalue weighted by Gasteiger charge is 2.30. The number of imide groups is 1. The van der Waals surface area contributed by atoms with E-state index < -0.39 is 0 Å². The van der Waals surface area contributed by atoms with E-state index in [9.17, 15) is 9.59 Å². The van der Waals surface area contributed by atoms with Crippen LogP contribution in [0.4, 0.5) is 0 Å². The van der Waals surface area contributed by atoms with Crippen molar-refractivity contribution >= 4 is 17.4 Å². The number of amides is 2. The second-order valence-corrected chi connectivity index (χ2v) is 6.90. The van der Waals surface area contributed by atoms with Crippen molar-refractivity contribution in [3.63, 3.8) is 0 Å². The molecule has 0 unspecified atom stereocenters. The Bertz CT molecular complexity index is 577. The predicted octanol–water partition coefficient (Wildman–Crippen LogP) is 5.36. The summed E-state index contributed by atoms with van der Waals surface area (Å²) in [6.07, 6.45) is 14.0. The number of nitrogens with zero attached hydrogens (tertiary/aromatic N) is 1. The van der Waals surface area contributed by atoms with Gasteiger partial charge in [0.2, 0.25) is 0 Å². The molecular formula is C22H31NO2. The van der Waals surface area contributed by atoms with E-state index in [1.54, 1.807) is 0 Å². The summed E-state index contributed by atoms with van der Waals surface area (Å²) in [5, 5.41) is 0. The number of benzene rings is 1. The topological polar surface area (TPSA) is 37.4 Å². The standard InChI is InChI=1S/C22H31NO2/c1-2-3-4-5-6-7-8-9-10-14-17-23-21(24)18-20(22(23)25)19-15-12-11-13-16-19/h11-13,15-16,18H,2-10,14,17H2,1H3. The number of carbonyl (C=O) groups is 2. The lowest BCUT2D eigenvalue weighted by molar-refractivity contribution is -0.136. The van der Waals surface area contributed by atoms with Crippen LogP contribution in [-0.2, 0) is 9.59 Å². The summed E-state index contributed by atoms with van der Waals surface area (Å²) in [6.45, 7) is 2.79. The first kappa shape index (κ1) is 19.4. The van der Waals surface area contributed by atoms with E-state index in [2.05, 4.69) is 6.92 Å². The number of carbonyl (C=O) groups excluding carboxylic acids is 2. The zero-order chi connectivity index (χ0) is 17.9. The van der Waals surface area contributed by atoms with Crippen LogP contribution in [0.5, 0.6) is 0 Å². The van der Waals surface area contributed by atoms with Crippen LogP contribution in [0, 0.1) is 0 Å². The van der Waals surface area contributed by atoms with Crippen LogP contribution >= 0.6 is 0 Å². The molecule has 3 heteroatoms. The summed E-state index contributed by atoms with van der Waals surface area (Å²) in [7, 11) is 0. The predicted molar refractivity (Wildman–Crippen MR) is 103 cm³/mol. The molecule has 0 radical (unpaired) electrons. The molecule has 0 fully saturated rings. The average molecular weight is 341 g/mol. The smallest absolute Gasteiger partial charge is 0.261 e. The number of rotatable bonds is 12. The van der Waals surface area contributed by atoms with Gasteiger partial charge in [0, 0.05) is 12.6 Å². The summed E-state index contributed by atoms with van der Waals surface area (Å²) in [5.74, 6) is -0.313. The molecule has 136 valence electrons. The average Bonchev–Trinajstić information content (AvgIpc) is 2.92. The van der Waals surface area contributed by atoms with Crippen molar-refractivity contribution in [2.45, 2.75) is 71.1 Å². The van der Waals surface area contributed by atoms with Gasteiger partial charge in [-0.25, -0.2) is 0 Å². The molecule has 2 amide bonds. The van der Waals surface area contributed by atoms with Gasteiger partial charge in [0.1, 0.15) is 0 Å². The van der Waals surface area contributed by atoms with E-state index in [-0.39, 0.29) is 11.8 Å². The SMILES string of the molecule is CCCCCCCCCCCCN1C(=O)C=C(c2ccccc2)C1=O. The van der Waals surface area contributed by atoms with E-state index in [4.69, 9.17) is 0 Å². The lowest BCUT2D eigenvalue weighted by Gasteiger charge is -2.14. The minimum absolute atomic E-state index is 0.146. The van der Waals surface area contributed by atoms with Crippen molar-refractivity contribution in [3.05, 3.63) is 42.0 Å². The molecule has 0 aromatic heterocycles. The van der Waals surface area contributed by atoms with Gasteiger partial charge in [0.25, 0.3) is 11.8 Å². The minimum atomic E-state index is -0.167. The van der Waals surface area contributed by atoms with Gasteiger partial charge in [-0.1, -0.05) is 95.0 Å². The van der Waals surface area contributed by atoms with Crippen molar-refractivity contribution in [2.75, 3.05) is 6.54 Å². The summed E-state index contributed by atoms with van der Waals surface area (Å²) in [5.41, 5.74) is 1.35. The van der Waals surface area contributed by atoms with Crippen LogP contribution in [0.15, 0.2) is 36.4 Å². The van der Waals surface area contributed by atoms with Gasteiger partial charge in [-0.05, 0) is 12.0 Å². The lowest BCUT2D eigenvalue weighted by atomic mass is 10.1. The fraction of sp³-hybridized carbons (Fsp3) is 0.545. The highest BCUT2D eigenvalue weighted by Crippen LogP contribution is 2.23. The molecule has 0 saturated carbocycles. The molecule has 25 heavy (non-hydrogen) atoms. The Kier molecular flexibility index (Phi) is 8.44. The molecule has 0 N–H and O–H groups in total. The summed E-state index contributed by atoms with van der Waals surface area (Å²) < 4.78 is 0. The van der Waals surface area contributed by atoms with Crippen molar-refractivity contribution in [1.29, 1.82) is 0 Å². The summed E-state index contributed by atoms with van der Waals surface area (Å²) in [6, 6.07) is 9.44. The van der Waals surface area contributed by atoms with Crippen LogP contribution in [0.3, 0.4) is 0 Å². The van der Waals surface area contributed by atoms with Crippen LogP contribution in [0.25, 0.3) is 5.57 Å². The first-order valence-corrected chi connectivity index (χ1v) is 9.87. The van der Waals surface area contributed by atoms with E-state index >= 15 is 0 Å². The van der Waals surface area contributed by atoms with Gasteiger partial charge < -0.3 is 0 Å². The van der Waals surface area contributed by atoms with Crippen LogP contribution in [0.1, 0.15) is 76.7 Å². The first-order valence-electron chi connectivity index (χ1n) is 9.87. The molecular weight excluding hydrogens is 310 g/mol. The van der Waals surface area contributed by atoms with Crippen LogP contribution < -0.4 is 0 Å². The molecule has 1 aromatic carbocycles. The molecule has 0 spiro atoms. The second kappa shape index (κ2) is 10.9. The van der Waals surface area contributed by atoms with Crippen LogP contribution in [-0.4, -0.2) is 23.3 Å². The minimum Gasteiger partial charge on any atom is -0.275 e.